The zero-order valence-corrected chi connectivity index (χ0v) is 12.8. The SMILES string of the molecule is Cc1ccc(OC2CCN(C(=O)CC(C)(C)C)C2)nc1. The number of hydrogen-bond acceptors (Lipinski definition) is 3. The van der Waals surface area contributed by atoms with Crippen LogP contribution in [0.4, 0.5) is 0 Å². The Hall–Kier alpha value is -1.58. The van der Waals surface area contributed by atoms with Crippen molar-refractivity contribution in [3.05, 3.63) is 23.9 Å². The lowest BCUT2D eigenvalue weighted by atomic mass is 9.92. The molecule has 2 rings (SSSR count). The second-order valence-corrected chi connectivity index (χ2v) is 6.78. The van der Waals surface area contributed by atoms with Gasteiger partial charge in [0, 0.05) is 31.6 Å². The molecule has 1 atom stereocenters. The van der Waals surface area contributed by atoms with E-state index >= 15 is 0 Å². The van der Waals surface area contributed by atoms with E-state index in [4.69, 9.17) is 4.74 Å². The van der Waals surface area contributed by atoms with Crippen LogP contribution in [0, 0.1) is 12.3 Å². The van der Waals surface area contributed by atoms with E-state index in [1.54, 1.807) is 6.20 Å². The van der Waals surface area contributed by atoms with Crippen LogP contribution in [0.15, 0.2) is 18.3 Å². The average Bonchev–Trinajstić information content (AvgIpc) is 2.79. The molecular weight excluding hydrogens is 252 g/mol. The van der Waals surface area contributed by atoms with Gasteiger partial charge in [-0.1, -0.05) is 26.8 Å². The average molecular weight is 276 g/mol. The summed E-state index contributed by atoms with van der Waals surface area (Å²) in [6.45, 7) is 9.72. The lowest BCUT2D eigenvalue weighted by Crippen LogP contribution is -2.33. The Labute approximate surface area is 121 Å². The molecule has 1 unspecified atom stereocenters. The molecule has 1 aromatic heterocycles. The highest BCUT2D eigenvalue weighted by molar-refractivity contribution is 5.77. The molecule has 0 aliphatic carbocycles. The number of carbonyl (C=O) groups is 1. The van der Waals surface area contributed by atoms with E-state index in [1.165, 1.54) is 0 Å². The summed E-state index contributed by atoms with van der Waals surface area (Å²) in [5.41, 5.74) is 1.15. The number of aryl methyl sites for hydroxylation is 1. The van der Waals surface area contributed by atoms with Gasteiger partial charge in [0.1, 0.15) is 6.10 Å². The Morgan fingerprint density at radius 3 is 2.80 bits per heavy atom. The van der Waals surface area contributed by atoms with Crippen molar-refractivity contribution < 1.29 is 9.53 Å². The third kappa shape index (κ3) is 4.22. The van der Waals surface area contributed by atoms with Gasteiger partial charge in [-0.05, 0) is 17.9 Å². The molecule has 2 heterocycles. The van der Waals surface area contributed by atoms with Gasteiger partial charge >= 0.3 is 0 Å². The molecule has 110 valence electrons. The monoisotopic (exact) mass is 276 g/mol. The van der Waals surface area contributed by atoms with Crippen LogP contribution in [0.25, 0.3) is 0 Å². The zero-order chi connectivity index (χ0) is 14.8. The molecule has 1 aliphatic rings. The van der Waals surface area contributed by atoms with Gasteiger partial charge < -0.3 is 9.64 Å². The number of hydrogen-bond donors (Lipinski definition) is 0. The first-order valence-corrected chi connectivity index (χ1v) is 7.20. The van der Waals surface area contributed by atoms with E-state index in [9.17, 15) is 4.79 Å². The number of carbonyl (C=O) groups excluding carboxylic acids is 1. The molecule has 1 amide bonds. The minimum Gasteiger partial charge on any atom is -0.472 e. The fourth-order valence-corrected chi connectivity index (χ4v) is 2.31. The van der Waals surface area contributed by atoms with Crippen LogP contribution in [-0.4, -0.2) is 35.0 Å². The summed E-state index contributed by atoms with van der Waals surface area (Å²) in [6, 6.07) is 3.87. The van der Waals surface area contributed by atoms with E-state index in [2.05, 4.69) is 25.8 Å². The molecule has 0 spiro atoms. The second kappa shape index (κ2) is 5.81. The van der Waals surface area contributed by atoms with Crippen LogP contribution >= 0.6 is 0 Å². The number of likely N-dealkylation sites (tertiary alicyclic amines) is 1. The summed E-state index contributed by atoms with van der Waals surface area (Å²) in [6.07, 6.45) is 3.33. The number of amides is 1. The van der Waals surface area contributed by atoms with Crippen molar-refractivity contribution in [1.82, 2.24) is 9.88 Å². The fourth-order valence-electron chi connectivity index (χ4n) is 2.31. The number of aromatic nitrogens is 1. The summed E-state index contributed by atoms with van der Waals surface area (Å²) in [7, 11) is 0. The van der Waals surface area contributed by atoms with Crippen molar-refractivity contribution >= 4 is 5.91 Å². The molecule has 1 fully saturated rings. The number of nitrogens with zero attached hydrogens (tertiary/aromatic N) is 2. The van der Waals surface area contributed by atoms with Gasteiger partial charge in [0.15, 0.2) is 0 Å². The van der Waals surface area contributed by atoms with Gasteiger partial charge in [-0.15, -0.1) is 0 Å². The van der Waals surface area contributed by atoms with Crippen LogP contribution in [0.5, 0.6) is 5.88 Å². The zero-order valence-electron chi connectivity index (χ0n) is 12.8. The van der Waals surface area contributed by atoms with Gasteiger partial charge in [0.05, 0.1) is 6.54 Å². The maximum Gasteiger partial charge on any atom is 0.223 e. The van der Waals surface area contributed by atoms with Crippen LogP contribution in [-0.2, 0) is 4.79 Å². The molecule has 20 heavy (non-hydrogen) atoms. The van der Waals surface area contributed by atoms with Crippen LogP contribution < -0.4 is 4.74 Å². The van der Waals surface area contributed by atoms with Gasteiger partial charge in [-0.3, -0.25) is 4.79 Å². The lowest BCUT2D eigenvalue weighted by Gasteiger charge is -2.23. The third-order valence-electron chi connectivity index (χ3n) is 3.35. The summed E-state index contributed by atoms with van der Waals surface area (Å²) >= 11 is 0. The smallest absolute Gasteiger partial charge is 0.223 e. The van der Waals surface area contributed by atoms with Crippen molar-refractivity contribution in [3.8, 4) is 5.88 Å². The summed E-state index contributed by atoms with van der Waals surface area (Å²) in [5.74, 6) is 0.867. The molecule has 1 aromatic rings. The predicted molar refractivity (Wildman–Crippen MR) is 78.7 cm³/mol. The second-order valence-electron chi connectivity index (χ2n) is 6.78. The maximum absolute atomic E-state index is 12.2. The fraction of sp³-hybridized carbons (Fsp3) is 0.625. The standard InChI is InChI=1S/C16H24N2O2/c1-12-5-6-14(17-10-12)20-13-7-8-18(11-13)15(19)9-16(2,3)4/h5-6,10,13H,7-9,11H2,1-4H3. The summed E-state index contributed by atoms with van der Waals surface area (Å²) in [4.78, 5) is 18.3. The highest BCUT2D eigenvalue weighted by Gasteiger charge is 2.29. The summed E-state index contributed by atoms with van der Waals surface area (Å²) < 4.78 is 5.84. The first-order chi connectivity index (χ1) is 9.33. The first-order valence-electron chi connectivity index (χ1n) is 7.20. The van der Waals surface area contributed by atoms with Gasteiger partial charge in [0.25, 0.3) is 0 Å². The Morgan fingerprint density at radius 2 is 2.20 bits per heavy atom. The number of pyridine rings is 1. The summed E-state index contributed by atoms with van der Waals surface area (Å²) in [5, 5.41) is 0. The van der Waals surface area contributed by atoms with E-state index in [1.807, 2.05) is 24.0 Å². The molecule has 1 aliphatic heterocycles. The van der Waals surface area contributed by atoms with Crippen molar-refractivity contribution in [1.29, 1.82) is 0 Å². The van der Waals surface area contributed by atoms with Gasteiger partial charge in [-0.2, -0.15) is 0 Å². The topological polar surface area (TPSA) is 42.4 Å². The minimum atomic E-state index is 0.0362. The molecule has 0 aromatic carbocycles. The van der Waals surface area contributed by atoms with Crippen molar-refractivity contribution in [2.45, 2.75) is 46.6 Å². The van der Waals surface area contributed by atoms with Crippen molar-refractivity contribution in [2.24, 2.45) is 5.41 Å². The normalized spacial score (nSPS) is 19.2. The van der Waals surface area contributed by atoms with Crippen LogP contribution in [0.3, 0.4) is 0 Å². The van der Waals surface area contributed by atoms with E-state index in [-0.39, 0.29) is 17.4 Å². The largest absolute Gasteiger partial charge is 0.472 e. The highest BCUT2D eigenvalue weighted by Crippen LogP contribution is 2.23. The quantitative estimate of drug-likeness (QED) is 0.852. The molecule has 0 radical (unpaired) electrons. The molecule has 1 saturated heterocycles. The lowest BCUT2D eigenvalue weighted by molar-refractivity contribution is -0.132. The number of ether oxygens (including phenoxy) is 1. The van der Waals surface area contributed by atoms with Gasteiger partial charge in [0.2, 0.25) is 11.8 Å². The molecule has 0 saturated carbocycles. The van der Waals surface area contributed by atoms with Crippen molar-refractivity contribution in [3.63, 3.8) is 0 Å². The molecule has 0 bridgehead atoms. The number of rotatable bonds is 3. The molecule has 4 nitrogen and oxygen atoms in total. The molecule has 4 heteroatoms. The minimum absolute atomic E-state index is 0.0362. The molecule has 0 N–H and O–H groups in total. The van der Waals surface area contributed by atoms with Crippen molar-refractivity contribution in [2.75, 3.05) is 13.1 Å². The van der Waals surface area contributed by atoms with Crippen LogP contribution in [0.1, 0.15) is 39.2 Å². The Kier molecular flexibility index (Phi) is 4.31. The van der Waals surface area contributed by atoms with Gasteiger partial charge in [-0.25, -0.2) is 4.98 Å². The predicted octanol–water partition coefficient (Wildman–Crippen LogP) is 2.81. The highest BCUT2D eigenvalue weighted by atomic mass is 16.5. The van der Waals surface area contributed by atoms with Crippen LogP contribution in [0.2, 0.25) is 0 Å². The van der Waals surface area contributed by atoms with E-state index in [0.29, 0.717) is 18.8 Å². The maximum atomic E-state index is 12.2. The van der Waals surface area contributed by atoms with E-state index < -0.39 is 0 Å². The molecular formula is C16H24N2O2. The third-order valence-corrected chi connectivity index (χ3v) is 3.35. The Morgan fingerprint density at radius 1 is 1.45 bits per heavy atom. The Balaban J connectivity index is 1.86. The van der Waals surface area contributed by atoms with E-state index in [0.717, 1.165) is 18.5 Å². The Bertz CT molecular complexity index is 462. The first kappa shape index (κ1) is 14.8.